The van der Waals surface area contributed by atoms with Crippen molar-refractivity contribution in [1.82, 2.24) is 0 Å². The van der Waals surface area contributed by atoms with Gasteiger partial charge in [0.15, 0.2) is 0 Å². The van der Waals surface area contributed by atoms with Gasteiger partial charge < -0.3 is 0 Å². The third-order valence-corrected chi connectivity index (χ3v) is 6.08. The highest BCUT2D eigenvalue weighted by Crippen LogP contribution is 2.39. The molecule has 0 heterocycles. The van der Waals surface area contributed by atoms with Crippen LogP contribution in [0.3, 0.4) is 0 Å². The summed E-state index contributed by atoms with van der Waals surface area (Å²) in [4.78, 5) is 0. The van der Waals surface area contributed by atoms with Crippen molar-refractivity contribution in [3.8, 4) is 11.1 Å². The van der Waals surface area contributed by atoms with Crippen LogP contribution in [0.15, 0.2) is 60.7 Å². The highest BCUT2D eigenvalue weighted by molar-refractivity contribution is 5.88. The summed E-state index contributed by atoms with van der Waals surface area (Å²) in [6.07, 6.45) is 7.92. The second-order valence-corrected chi connectivity index (χ2v) is 7.78. The average molecular weight is 346 g/mol. The quantitative estimate of drug-likeness (QED) is 0.453. The SMILES string of the molecule is CCC[C@H]1CC[C@H](c2ccc3c(F)c(-c4ccccc4)ccc3c2)CC1. The van der Waals surface area contributed by atoms with Crippen molar-refractivity contribution < 1.29 is 4.39 Å². The normalized spacial score (nSPS) is 20.4. The largest absolute Gasteiger partial charge is 0.206 e. The molecule has 3 aromatic carbocycles. The lowest BCUT2D eigenvalue weighted by Crippen LogP contribution is -2.13. The van der Waals surface area contributed by atoms with Crippen LogP contribution >= 0.6 is 0 Å². The summed E-state index contributed by atoms with van der Waals surface area (Å²) in [6, 6.07) is 20.2. The zero-order valence-electron chi connectivity index (χ0n) is 15.5. The molecule has 0 aromatic heterocycles. The minimum absolute atomic E-state index is 0.105. The fourth-order valence-electron chi connectivity index (χ4n) is 4.60. The van der Waals surface area contributed by atoms with Gasteiger partial charge in [0.25, 0.3) is 0 Å². The monoisotopic (exact) mass is 346 g/mol. The van der Waals surface area contributed by atoms with Gasteiger partial charge in [0, 0.05) is 10.9 Å². The number of rotatable bonds is 4. The van der Waals surface area contributed by atoms with Crippen LogP contribution in [0.5, 0.6) is 0 Å². The molecule has 0 unspecified atom stereocenters. The molecule has 1 saturated carbocycles. The molecular weight excluding hydrogens is 319 g/mol. The van der Waals surface area contributed by atoms with Crippen molar-refractivity contribution in [1.29, 1.82) is 0 Å². The van der Waals surface area contributed by atoms with Crippen LogP contribution in [0, 0.1) is 11.7 Å². The van der Waals surface area contributed by atoms with Crippen LogP contribution in [0.4, 0.5) is 4.39 Å². The molecule has 0 aliphatic heterocycles. The maximum atomic E-state index is 15.1. The van der Waals surface area contributed by atoms with Crippen LogP contribution in [0.2, 0.25) is 0 Å². The van der Waals surface area contributed by atoms with Crippen molar-refractivity contribution in [3.05, 3.63) is 72.0 Å². The minimum Gasteiger partial charge on any atom is -0.206 e. The highest BCUT2D eigenvalue weighted by atomic mass is 19.1. The molecule has 0 radical (unpaired) electrons. The molecule has 0 atom stereocenters. The van der Waals surface area contributed by atoms with Crippen molar-refractivity contribution in [3.63, 3.8) is 0 Å². The molecule has 0 saturated heterocycles. The molecule has 1 fully saturated rings. The fourth-order valence-corrected chi connectivity index (χ4v) is 4.60. The van der Waals surface area contributed by atoms with Gasteiger partial charge in [-0.1, -0.05) is 80.4 Å². The van der Waals surface area contributed by atoms with Gasteiger partial charge in [-0.2, -0.15) is 0 Å². The van der Waals surface area contributed by atoms with Gasteiger partial charge in [0.1, 0.15) is 5.82 Å². The molecule has 1 aliphatic rings. The van der Waals surface area contributed by atoms with Crippen LogP contribution in [0.25, 0.3) is 21.9 Å². The summed E-state index contributed by atoms with van der Waals surface area (Å²) in [5.74, 6) is 1.46. The maximum Gasteiger partial charge on any atom is 0.138 e. The number of benzene rings is 3. The van der Waals surface area contributed by atoms with Crippen molar-refractivity contribution in [2.45, 2.75) is 51.4 Å². The number of halogens is 1. The Kier molecular flexibility index (Phi) is 5.06. The molecular formula is C25H27F. The van der Waals surface area contributed by atoms with E-state index in [2.05, 4.69) is 25.1 Å². The van der Waals surface area contributed by atoms with E-state index >= 15 is 4.39 Å². The van der Waals surface area contributed by atoms with Gasteiger partial charge in [-0.15, -0.1) is 0 Å². The van der Waals surface area contributed by atoms with Crippen LogP contribution in [-0.2, 0) is 0 Å². The Morgan fingerprint density at radius 3 is 2.38 bits per heavy atom. The standard InChI is InChI=1S/C25H27F/c1-2-6-18-9-11-19(12-10-18)21-13-15-24-22(17-21)14-16-23(25(24)26)20-7-4-3-5-8-20/h3-5,7-8,13-19H,2,6,9-12H2,1H3/t18-,19-. The Labute approximate surface area is 156 Å². The number of hydrogen-bond acceptors (Lipinski definition) is 0. The zero-order valence-corrected chi connectivity index (χ0v) is 15.5. The number of hydrogen-bond donors (Lipinski definition) is 0. The van der Waals surface area contributed by atoms with Gasteiger partial charge in [-0.25, -0.2) is 4.39 Å². The molecule has 1 aliphatic carbocycles. The molecule has 0 amide bonds. The van der Waals surface area contributed by atoms with Crippen molar-refractivity contribution >= 4 is 10.8 Å². The predicted molar refractivity (Wildman–Crippen MR) is 109 cm³/mol. The van der Waals surface area contributed by atoms with Crippen molar-refractivity contribution in [2.75, 3.05) is 0 Å². The van der Waals surface area contributed by atoms with E-state index in [0.29, 0.717) is 11.5 Å². The first-order chi connectivity index (χ1) is 12.8. The topological polar surface area (TPSA) is 0 Å². The van der Waals surface area contributed by atoms with Gasteiger partial charge in [-0.05, 0) is 54.0 Å². The van der Waals surface area contributed by atoms with Gasteiger partial charge in [-0.3, -0.25) is 0 Å². The van der Waals surface area contributed by atoms with E-state index < -0.39 is 0 Å². The molecule has 4 rings (SSSR count). The summed E-state index contributed by atoms with van der Waals surface area (Å²) >= 11 is 0. The van der Waals surface area contributed by atoms with Crippen LogP contribution in [-0.4, -0.2) is 0 Å². The highest BCUT2D eigenvalue weighted by Gasteiger charge is 2.22. The van der Waals surface area contributed by atoms with Crippen LogP contribution in [0.1, 0.15) is 56.9 Å². The molecule has 0 spiro atoms. The number of fused-ring (bicyclic) bond motifs is 1. The molecule has 134 valence electrons. The Bertz CT molecular complexity index is 873. The van der Waals surface area contributed by atoms with Crippen LogP contribution < -0.4 is 0 Å². The average Bonchev–Trinajstić information content (AvgIpc) is 2.69. The first-order valence-electron chi connectivity index (χ1n) is 10.0. The summed E-state index contributed by atoms with van der Waals surface area (Å²) < 4.78 is 15.1. The van der Waals surface area contributed by atoms with Gasteiger partial charge >= 0.3 is 0 Å². The lowest BCUT2D eigenvalue weighted by molar-refractivity contribution is 0.308. The first-order valence-corrected chi connectivity index (χ1v) is 10.0. The Morgan fingerprint density at radius 2 is 1.65 bits per heavy atom. The first kappa shape index (κ1) is 17.3. The molecule has 26 heavy (non-hydrogen) atoms. The summed E-state index contributed by atoms with van der Waals surface area (Å²) in [6.45, 7) is 2.29. The third-order valence-electron chi connectivity index (χ3n) is 6.08. The Balaban J connectivity index is 1.61. The van der Waals surface area contributed by atoms with E-state index in [1.807, 2.05) is 42.5 Å². The summed E-state index contributed by atoms with van der Waals surface area (Å²) in [5.41, 5.74) is 3.01. The Morgan fingerprint density at radius 1 is 0.885 bits per heavy atom. The van der Waals surface area contributed by atoms with E-state index in [9.17, 15) is 0 Å². The van der Waals surface area contributed by atoms with Gasteiger partial charge in [0.2, 0.25) is 0 Å². The van der Waals surface area contributed by atoms with Gasteiger partial charge in [0.05, 0.1) is 0 Å². The lowest BCUT2D eigenvalue weighted by Gasteiger charge is -2.28. The van der Waals surface area contributed by atoms with Crippen molar-refractivity contribution in [2.24, 2.45) is 5.92 Å². The second kappa shape index (κ2) is 7.61. The predicted octanol–water partition coefficient (Wildman–Crippen LogP) is 7.72. The molecule has 3 aromatic rings. The van der Waals surface area contributed by atoms with E-state index in [1.54, 1.807) is 0 Å². The summed E-state index contributed by atoms with van der Waals surface area (Å²) in [7, 11) is 0. The summed E-state index contributed by atoms with van der Waals surface area (Å²) in [5, 5.41) is 1.75. The minimum atomic E-state index is -0.105. The maximum absolute atomic E-state index is 15.1. The smallest absolute Gasteiger partial charge is 0.138 e. The molecule has 0 bridgehead atoms. The fraction of sp³-hybridized carbons (Fsp3) is 0.360. The lowest BCUT2D eigenvalue weighted by atomic mass is 9.77. The molecule has 0 N–H and O–H groups in total. The van der Waals surface area contributed by atoms with E-state index in [-0.39, 0.29) is 5.82 Å². The zero-order chi connectivity index (χ0) is 17.9. The molecule has 1 heteroatoms. The van der Waals surface area contributed by atoms with E-state index in [0.717, 1.165) is 22.3 Å². The second-order valence-electron chi connectivity index (χ2n) is 7.78. The third kappa shape index (κ3) is 3.40. The van der Waals surface area contributed by atoms with E-state index in [1.165, 1.54) is 44.1 Å². The molecule has 0 nitrogen and oxygen atoms in total. The van der Waals surface area contributed by atoms with E-state index in [4.69, 9.17) is 0 Å². The Hall–Kier alpha value is -2.15.